The van der Waals surface area contributed by atoms with Crippen molar-refractivity contribution < 1.29 is 28.4 Å². The first-order chi connectivity index (χ1) is 16.3. The summed E-state index contributed by atoms with van der Waals surface area (Å²) in [6.07, 6.45) is -1.18. The fourth-order valence-corrected chi connectivity index (χ4v) is 4.16. The highest BCUT2D eigenvalue weighted by molar-refractivity contribution is 5.37. The van der Waals surface area contributed by atoms with Crippen LogP contribution in [0.5, 0.6) is 11.5 Å². The lowest BCUT2D eigenvalue weighted by atomic mass is 9.98. The fourth-order valence-electron chi connectivity index (χ4n) is 4.16. The van der Waals surface area contributed by atoms with Crippen molar-refractivity contribution in [2.24, 2.45) is 0 Å². The fraction of sp³-hybridized carbons (Fsp3) is 0.571. The van der Waals surface area contributed by atoms with Crippen molar-refractivity contribution in [2.45, 2.75) is 66.0 Å². The highest BCUT2D eigenvalue weighted by Gasteiger charge is 2.28. The van der Waals surface area contributed by atoms with Crippen molar-refractivity contribution in [3.8, 4) is 11.5 Å². The molecule has 0 bridgehead atoms. The normalized spacial score (nSPS) is 18.5. The molecule has 1 aliphatic rings. The molecule has 0 aliphatic carbocycles. The Bertz CT molecular complexity index is 821. The summed E-state index contributed by atoms with van der Waals surface area (Å²) in [7, 11) is 0. The molecule has 2 aromatic rings. The lowest BCUT2D eigenvalue weighted by Gasteiger charge is -2.31. The highest BCUT2D eigenvalue weighted by Crippen LogP contribution is 2.24. The molecule has 0 saturated carbocycles. The molecule has 2 aromatic carbocycles. The number of hydrogen-bond donors (Lipinski definition) is 0. The van der Waals surface area contributed by atoms with E-state index < -0.39 is 12.6 Å². The molecular formula is C28H40O6. The first-order valence-electron chi connectivity index (χ1n) is 12.3. The maximum Gasteiger partial charge on any atom is 0.209 e. The summed E-state index contributed by atoms with van der Waals surface area (Å²) in [6, 6.07) is 12.4. The van der Waals surface area contributed by atoms with E-state index in [1.54, 1.807) is 0 Å². The van der Waals surface area contributed by atoms with Crippen LogP contribution in [0.2, 0.25) is 0 Å². The Balaban J connectivity index is 1.38. The average Bonchev–Trinajstić information content (AvgIpc) is 2.80. The molecule has 2 unspecified atom stereocenters. The molecule has 0 aromatic heterocycles. The molecule has 1 saturated heterocycles. The van der Waals surface area contributed by atoms with Crippen molar-refractivity contribution in [3.05, 3.63) is 58.7 Å². The van der Waals surface area contributed by atoms with Crippen molar-refractivity contribution in [1.29, 1.82) is 0 Å². The van der Waals surface area contributed by atoms with Gasteiger partial charge in [-0.3, -0.25) is 0 Å². The molecule has 1 fully saturated rings. The number of hydrogen-bond acceptors (Lipinski definition) is 6. The summed E-state index contributed by atoms with van der Waals surface area (Å²) in [5.74, 6) is 2.68. The topological polar surface area (TPSA) is 55.4 Å². The van der Waals surface area contributed by atoms with Gasteiger partial charge in [0.2, 0.25) is 12.6 Å². The van der Waals surface area contributed by atoms with Crippen LogP contribution in [0.1, 0.15) is 61.8 Å². The Morgan fingerprint density at radius 3 is 1.44 bits per heavy atom. The zero-order valence-electron chi connectivity index (χ0n) is 21.5. The Labute approximate surface area is 204 Å². The third kappa shape index (κ3) is 7.70. The molecule has 0 amide bonds. The molecule has 6 heteroatoms. The van der Waals surface area contributed by atoms with Gasteiger partial charge in [-0.2, -0.15) is 0 Å². The van der Waals surface area contributed by atoms with E-state index in [4.69, 9.17) is 28.4 Å². The van der Waals surface area contributed by atoms with Gasteiger partial charge in [0.25, 0.3) is 0 Å². The summed E-state index contributed by atoms with van der Waals surface area (Å²) < 4.78 is 34.8. The third-order valence-corrected chi connectivity index (χ3v) is 5.86. The van der Waals surface area contributed by atoms with Crippen molar-refractivity contribution in [2.75, 3.05) is 39.6 Å². The van der Waals surface area contributed by atoms with E-state index in [9.17, 15) is 0 Å². The first kappa shape index (κ1) is 26.5. The average molecular weight is 473 g/mol. The summed E-state index contributed by atoms with van der Waals surface area (Å²) in [4.78, 5) is 0. The van der Waals surface area contributed by atoms with Crippen LogP contribution >= 0.6 is 0 Å². The van der Waals surface area contributed by atoms with Crippen LogP contribution in [0.15, 0.2) is 36.4 Å². The second kappa shape index (κ2) is 13.1. The van der Waals surface area contributed by atoms with Crippen LogP contribution in [0, 0.1) is 13.8 Å². The largest absolute Gasteiger partial charge is 0.491 e. The number of ether oxygens (including phenoxy) is 6. The molecule has 0 radical (unpaired) electrons. The number of rotatable bonds is 12. The molecule has 1 heterocycles. The molecule has 1 aliphatic heterocycles. The van der Waals surface area contributed by atoms with Crippen LogP contribution in [0.25, 0.3) is 0 Å². The van der Waals surface area contributed by atoms with Gasteiger partial charge in [-0.1, -0.05) is 39.8 Å². The van der Waals surface area contributed by atoms with Crippen LogP contribution in [0.4, 0.5) is 0 Å². The predicted molar refractivity (Wildman–Crippen MR) is 133 cm³/mol. The summed E-state index contributed by atoms with van der Waals surface area (Å²) in [6.45, 7) is 15.5. The van der Waals surface area contributed by atoms with Gasteiger partial charge < -0.3 is 28.4 Å². The Morgan fingerprint density at radius 1 is 0.676 bits per heavy atom. The lowest BCUT2D eigenvalue weighted by molar-refractivity contribution is -0.321. The van der Waals surface area contributed by atoms with Gasteiger partial charge in [-0.05, 0) is 72.2 Å². The van der Waals surface area contributed by atoms with Gasteiger partial charge in [-0.15, -0.1) is 0 Å². The minimum absolute atomic E-state index is 0.372. The number of aryl methyl sites for hydroxylation is 2. The van der Waals surface area contributed by atoms with Gasteiger partial charge in [0, 0.05) is 0 Å². The van der Waals surface area contributed by atoms with E-state index >= 15 is 0 Å². The molecule has 34 heavy (non-hydrogen) atoms. The molecule has 0 N–H and O–H groups in total. The van der Waals surface area contributed by atoms with E-state index in [-0.39, 0.29) is 0 Å². The summed E-state index contributed by atoms with van der Waals surface area (Å²) in [5.41, 5.74) is 5.14. The maximum atomic E-state index is 5.85. The van der Waals surface area contributed by atoms with Gasteiger partial charge in [0.1, 0.15) is 24.7 Å². The second-order valence-corrected chi connectivity index (χ2v) is 9.26. The number of benzene rings is 2. The SMILES string of the molecule is Cc1cc(OCCOC2OCCOC2OCCOc2ccc(C(C)C)c(C)c2)ccc1C(C)C. The molecule has 188 valence electrons. The van der Waals surface area contributed by atoms with Gasteiger partial charge >= 0.3 is 0 Å². The first-order valence-corrected chi connectivity index (χ1v) is 12.3. The maximum absolute atomic E-state index is 5.85. The summed E-state index contributed by atoms with van der Waals surface area (Å²) >= 11 is 0. The minimum Gasteiger partial charge on any atom is -0.491 e. The monoisotopic (exact) mass is 472 g/mol. The van der Waals surface area contributed by atoms with Crippen molar-refractivity contribution >= 4 is 0 Å². The molecule has 0 spiro atoms. The van der Waals surface area contributed by atoms with Crippen molar-refractivity contribution in [3.63, 3.8) is 0 Å². The summed E-state index contributed by atoms with van der Waals surface area (Å²) in [5, 5.41) is 0. The lowest BCUT2D eigenvalue weighted by Crippen LogP contribution is -2.43. The van der Waals surface area contributed by atoms with E-state index in [1.807, 2.05) is 12.1 Å². The van der Waals surface area contributed by atoms with E-state index in [0.29, 0.717) is 51.5 Å². The Morgan fingerprint density at radius 2 is 1.09 bits per heavy atom. The van der Waals surface area contributed by atoms with Gasteiger partial charge in [0.05, 0.1) is 26.4 Å². The van der Waals surface area contributed by atoms with Crippen molar-refractivity contribution in [1.82, 2.24) is 0 Å². The smallest absolute Gasteiger partial charge is 0.209 e. The predicted octanol–water partition coefficient (Wildman–Crippen LogP) is 5.74. The Hall–Kier alpha value is -2.12. The molecular weight excluding hydrogens is 432 g/mol. The van der Waals surface area contributed by atoms with Crippen LogP contribution < -0.4 is 9.47 Å². The zero-order valence-corrected chi connectivity index (χ0v) is 21.5. The highest BCUT2D eigenvalue weighted by atomic mass is 16.8. The molecule has 6 nitrogen and oxygen atoms in total. The second-order valence-electron chi connectivity index (χ2n) is 9.26. The zero-order chi connectivity index (χ0) is 24.5. The quantitative estimate of drug-likeness (QED) is 0.367. The molecule has 3 rings (SSSR count). The van der Waals surface area contributed by atoms with Gasteiger partial charge in [0.15, 0.2) is 0 Å². The minimum atomic E-state index is -0.588. The Kier molecular flexibility index (Phi) is 10.2. The van der Waals surface area contributed by atoms with E-state index in [0.717, 1.165) is 11.5 Å². The van der Waals surface area contributed by atoms with Crippen LogP contribution in [0.3, 0.4) is 0 Å². The third-order valence-electron chi connectivity index (χ3n) is 5.86. The van der Waals surface area contributed by atoms with Crippen LogP contribution in [-0.4, -0.2) is 52.2 Å². The standard InChI is InChI=1S/C28H40O6/c1-19(2)25-9-7-23(17-21(25)5)29-11-13-31-27-28(34-16-15-33-27)32-14-12-30-24-8-10-26(20(3)4)22(6)18-24/h7-10,17-20,27-28H,11-16H2,1-6H3. The van der Waals surface area contributed by atoms with Crippen LogP contribution in [-0.2, 0) is 18.9 Å². The van der Waals surface area contributed by atoms with E-state index in [1.165, 1.54) is 22.3 Å². The van der Waals surface area contributed by atoms with Gasteiger partial charge in [-0.25, -0.2) is 0 Å². The molecule has 2 atom stereocenters. The van der Waals surface area contributed by atoms with E-state index in [2.05, 4.69) is 65.8 Å².